The first-order valence-electron chi connectivity index (χ1n) is 5.03. The first-order valence-corrected chi connectivity index (χ1v) is 6.62. The second-order valence-electron chi connectivity index (χ2n) is 3.39. The van der Waals surface area contributed by atoms with Crippen LogP contribution in [0.15, 0.2) is 21.1 Å². The smallest absolute Gasteiger partial charge is 0.303 e. The maximum Gasteiger partial charge on any atom is 0.303 e. The Morgan fingerprint density at radius 2 is 2.12 bits per heavy atom. The van der Waals surface area contributed by atoms with Crippen LogP contribution in [-0.4, -0.2) is 24.7 Å². The fraction of sp³-hybridized carbons (Fsp3) is 0.364. The Morgan fingerprint density at radius 1 is 1.41 bits per heavy atom. The lowest BCUT2D eigenvalue weighted by molar-refractivity contribution is -0.137. The van der Waals surface area contributed by atoms with Crippen LogP contribution in [0, 0.1) is 0 Å². The third-order valence-electron chi connectivity index (χ3n) is 2.12. The third kappa shape index (κ3) is 4.55. The number of aliphatic carboxylic acids is 1. The molecule has 0 saturated heterocycles. The summed E-state index contributed by atoms with van der Waals surface area (Å²) in [5, 5.41) is 11.7. The minimum atomic E-state index is -0.778. The summed E-state index contributed by atoms with van der Waals surface area (Å²) in [4.78, 5) is 10.4. The van der Waals surface area contributed by atoms with Crippen LogP contribution in [0.25, 0.3) is 0 Å². The van der Waals surface area contributed by atoms with Gasteiger partial charge in [-0.25, -0.2) is 0 Å². The van der Waals surface area contributed by atoms with Crippen molar-refractivity contribution in [3.05, 3.63) is 21.1 Å². The second-order valence-corrected chi connectivity index (χ2v) is 5.10. The van der Waals surface area contributed by atoms with Gasteiger partial charge in [-0.05, 0) is 44.3 Å². The maximum atomic E-state index is 10.4. The molecule has 0 amide bonds. The van der Waals surface area contributed by atoms with Crippen molar-refractivity contribution in [2.45, 2.75) is 12.8 Å². The highest BCUT2D eigenvalue weighted by atomic mass is 79.9. The van der Waals surface area contributed by atoms with Crippen LogP contribution in [0.2, 0.25) is 0 Å². The number of carbonyl (C=O) groups is 1. The molecule has 0 radical (unpaired) electrons. The highest BCUT2D eigenvalue weighted by molar-refractivity contribution is 9.11. The molecule has 1 aromatic carbocycles. The molecular weight excluding hydrogens is 354 g/mol. The van der Waals surface area contributed by atoms with Crippen LogP contribution in [0.4, 0.5) is 5.69 Å². The molecule has 0 atom stereocenters. The van der Waals surface area contributed by atoms with Crippen molar-refractivity contribution < 1.29 is 14.6 Å². The van der Waals surface area contributed by atoms with Gasteiger partial charge >= 0.3 is 5.97 Å². The quantitative estimate of drug-likeness (QED) is 0.756. The molecular formula is C11H13Br2NO3. The molecule has 0 heterocycles. The van der Waals surface area contributed by atoms with Crippen LogP contribution in [0.5, 0.6) is 5.75 Å². The minimum absolute atomic E-state index is 0.165. The molecule has 0 unspecified atom stereocenters. The highest BCUT2D eigenvalue weighted by Gasteiger charge is 2.06. The number of hydrogen-bond donors (Lipinski definition) is 2. The average molecular weight is 367 g/mol. The van der Waals surface area contributed by atoms with Crippen LogP contribution in [-0.2, 0) is 4.79 Å². The molecule has 0 aliphatic heterocycles. The lowest BCUT2D eigenvalue weighted by Gasteiger charge is -2.11. The fourth-order valence-corrected chi connectivity index (χ4v) is 2.58. The molecule has 0 aliphatic carbocycles. The third-order valence-corrected chi connectivity index (χ3v) is 3.40. The molecule has 0 saturated carbocycles. The van der Waals surface area contributed by atoms with Crippen molar-refractivity contribution in [1.29, 1.82) is 0 Å². The van der Waals surface area contributed by atoms with E-state index in [1.807, 2.05) is 12.1 Å². The monoisotopic (exact) mass is 365 g/mol. The lowest BCUT2D eigenvalue weighted by atomic mass is 10.2. The van der Waals surface area contributed by atoms with Crippen LogP contribution < -0.4 is 10.1 Å². The van der Waals surface area contributed by atoms with Crippen molar-refractivity contribution in [3.8, 4) is 5.75 Å². The lowest BCUT2D eigenvalue weighted by Crippen LogP contribution is -2.05. The standard InChI is InChI=1S/C11H13Br2NO3/c1-17-10-6-9(7(12)5-8(10)13)14-4-2-3-11(15)16/h5-6,14H,2-4H2,1H3,(H,15,16). The molecule has 2 N–H and O–H groups in total. The topological polar surface area (TPSA) is 58.6 Å². The van der Waals surface area contributed by atoms with E-state index in [2.05, 4.69) is 37.2 Å². The van der Waals surface area contributed by atoms with Gasteiger partial charge in [-0.1, -0.05) is 0 Å². The predicted octanol–water partition coefficient (Wildman–Crippen LogP) is 3.50. The molecule has 0 aliphatic rings. The molecule has 1 aromatic rings. The molecule has 94 valence electrons. The summed E-state index contributed by atoms with van der Waals surface area (Å²) in [6.07, 6.45) is 0.748. The number of rotatable bonds is 6. The Hall–Kier alpha value is -0.750. The SMILES string of the molecule is COc1cc(NCCCC(=O)O)c(Br)cc1Br. The van der Waals surface area contributed by atoms with Gasteiger partial charge in [-0.3, -0.25) is 4.79 Å². The Kier molecular flexibility index (Phi) is 5.77. The number of nitrogens with one attached hydrogen (secondary N) is 1. The molecule has 1 rings (SSSR count). The van der Waals surface area contributed by atoms with Crippen molar-refractivity contribution >= 4 is 43.5 Å². The number of carboxylic acids is 1. The van der Waals surface area contributed by atoms with Crippen molar-refractivity contribution in [3.63, 3.8) is 0 Å². The van der Waals surface area contributed by atoms with Crippen LogP contribution >= 0.6 is 31.9 Å². The predicted molar refractivity (Wildman–Crippen MR) is 73.8 cm³/mol. The zero-order valence-electron chi connectivity index (χ0n) is 9.30. The molecule has 0 fully saturated rings. The Labute approximate surface area is 117 Å². The number of methoxy groups -OCH3 is 1. The Balaban J connectivity index is 2.61. The zero-order valence-corrected chi connectivity index (χ0v) is 12.5. The minimum Gasteiger partial charge on any atom is -0.495 e. The van der Waals surface area contributed by atoms with Gasteiger partial charge in [-0.15, -0.1) is 0 Å². The first kappa shape index (κ1) is 14.3. The van der Waals surface area contributed by atoms with Crippen molar-refractivity contribution in [1.82, 2.24) is 0 Å². The summed E-state index contributed by atoms with van der Waals surface area (Å²) in [6, 6.07) is 3.74. The van der Waals surface area contributed by atoms with Gasteiger partial charge in [0.2, 0.25) is 0 Å². The van der Waals surface area contributed by atoms with E-state index in [9.17, 15) is 4.79 Å². The average Bonchev–Trinajstić information content (AvgIpc) is 2.26. The van der Waals surface area contributed by atoms with Gasteiger partial charge in [0, 0.05) is 23.5 Å². The van der Waals surface area contributed by atoms with E-state index in [-0.39, 0.29) is 6.42 Å². The van der Waals surface area contributed by atoms with Gasteiger partial charge in [0.1, 0.15) is 5.75 Å². The summed E-state index contributed by atoms with van der Waals surface area (Å²) in [7, 11) is 1.60. The van der Waals surface area contributed by atoms with E-state index in [0.29, 0.717) is 13.0 Å². The normalized spacial score (nSPS) is 10.1. The Morgan fingerprint density at radius 3 is 2.71 bits per heavy atom. The first-order chi connectivity index (χ1) is 8.04. The van der Waals surface area contributed by atoms with E-state index < -0.39 is 5.97 Å². The van der Waals surface area contributed by atoms with Gasteiger partial charge < -0.3 is 15.2 Å². The van der Waals surface area contributed by atoms with Crippen LogP contribution in [0.1, 0.15) is 12.8 Å². The second kappa shape index (κ2) is 6.86. The molecule has 4 nitrogen and oxygen atoms in total. The number of benzene rings is 1. The van der Waals surface area contributed by atoms with Gasteiger partial charge in [0.05, 0.1) is 17.3 Å². The van der Waals surface area contributed by atoms with Gasteiger partial charge in [0.25, 0.3) is 0 Å². The number of hydrogen-bond acceptors (Lipinski definition) is 3. The van der Waals surface area contributed by atoms with E-state index >= 15 is 0 Å². The summed E-state index contributed by atoms with van der Waals surface area (Å²) in [6.45, 7) is 0.607. The maximum absolute atomic E-state index is 10.4. The summed E-state index contributed by atoms with van der Waals surface area (Å²) in [5.74, 6) is -0.0480. The summed E-state index contributed by atoms with van der Waals surface area (Å²) < 4.78 is 6.95. The molecule has 0 aromatic heterocycles. The number of ether oxygens (including phenoxy) is 1. The molecule has 0 spiro atoms. The van der Waals surface area contributed by atoms with Crippen molar-refractivity contribution in [2.75, 3.05) is 19.0 Å². The van der Waals surface area contributed by atoms with Crippen LogP contribution in [0.3, 0.4) is 0 Å². The van der Waals surface area contributed by atoms with E-state index in [1.54, 1.807) is 7.11 Å². The number of halogens is 2. The molecule has 6 heteroatoms. The summed E-state index contributed by atoms with van der Waals surface area (Å²) >= 11 is 6.81. The summed E-state index contributed by atoms with van der Waals surface area (Å²) in [5.41, 5.74) is 0.885. The van der Waals surface area contributed by atoms with Gasteiger partial charge in [0.15, 0.2) is 0 Å². The largest absolute Gasteiger partial charge is 0.495 e. The van der Waals surface area contributed by atoms with Gasteiger partial charge in [-0.2, -0.15) is 0 Å². The zero-order chi connectivity index (χ0) is 12.8. The van der Waals surface area contributed by atoms with Crippen molar-refractivity contribution in [2.24, 2.45) is 0 Å². The number of anilines is 1. The molecule has 17 heavy (non-hydrogen) atoms. The van der Waals surface area contributed by atoms with E-state index in [4.69, 9.17) is 9.84 Å². The fourth-order valence-electron chi connectivity index (χ4n) is 1.28. The van der Waals surface area contributed by atoms with E-state index in [0.717, 1.165) is 20.4 Å². The number of carboxylic acid groups (broad SMARTS) is 1. The Bertz CT molecular complexity index is 410. The highest BCUT2D eigenvalue weighted by Crippen LogP contribution is 2.34. The van der Waals surface area contributed by atoms with E-state index in [1.165, 1.54) is 0 Å². The molecule has 0 bridgehead atoms.